The van der Waals surface area contributed by atoms with E-state index in [0.29, 0.717) is 10.6 Å². The molecule has 0 heterocycles. The summed E-state index contributed by atoms with van der Waals surface area (Å²) in [7, 11) is 0. The highest BCUT2D eigenvalue weighted by Gasteiger charge is 2.13. The molecule has 0 fully saturated rings. The largest absolute Gasteiger partial charge is 0.453 e. The molecule has 6 heteroatoms. The minimum Gasteiger partial charge on any atom is -0.453 e. The second kappa shape index (κ2) is 5.47. The number of ether oxygens (including phenoxy) is 1. The zero-order chi connectivity index (χ0) is 14.0. The van der Waals surface area contributed by atoms with Crippen LogP contribution in [0.3, 0.4) is 0 Å². The summed E-state index contributed by atoms with van der Waals surface area (Å²) in [6.45, 7) is 0. The Labute approximate surface area is 119 Å². The number of rotatable bonds is 3. The van der Waals surface area contributed by atoms with Gasteiger partial charge in [-0.05, 0) is 24.3 Å². The number of hydrogen-bond donors (Lipinski definition) is 2. The van der Waals surface area contributed by atoms with Crippen molar-refractivity contribution in [3.63, 3.8) is 0 Å². The monoisotopic (exact) mass is 298 g/mol. The van der Waals surface area contributed by atoms with Crippen LogP contribution in [-0.2, 0) is 0 Å². The lowest BCUT2D eigenvalue weighted by Gasteiger charge is -2.11. The summed E-state index contributed by atoms with van der Waals surface area (Å²) in [4.78, 5) is 0. The Morgan fingerprint density at radius 2 is 1.89 bits per heavy atom. The molecule has 0 spiro atoms. The van der Waals surface area contributed by atoms with Gasteiger partial charge in [-0.3, -0.25) is 5.41 Å². The van der Waals surface area contributed by atoms with E-state index >= 15 is 0 Å². The Bertz CT molecular complexity index is 647. The fourth-order valence-electron chi connectivity index (χ4n) is 1.48. The summed E-state index contributed by atoms with van der Waals surface area (Å²) in [5.41, 5.74) is 5.75. The van der Waals surface area contributed by atoms with Gasteiger partial charge in [-0.1, -0.05) is 29.3 Å². The third kappa shape index (κ3) is 2.97. The van der Waals surface area contributed by atoms with Gasteiger partial charge in [-0.15, -0.1) is 0 Å². The van der Waals surface area contributed by atoms with Gasteiger partial charge in [0.25, 0.3) is 0 Å². The number of nitrogens with one attached hydrogen (secondary N) is 1. The van der Waals surface area contributed by atoms with Crippen LogP contribution >= 0.6 is 23.2 Å². The van der Waals surface area contributed by atoms with Crippen LogP contribution < -0.4 is 10.5 Å². The fourth-order valence-corrected chi connectivity index (χ4v) is 1.81. The Morgan fingerprint density at radius 3 is 2.58 bits per heavy atom. The molecule has 0 saturated carbocycles. The molecule has 19 heavy (non-hydrogen) atoms. The van der Waals surface area contributed by atoms with Gasteiger partial charge in [0.05, 0.1) is 10.6 Å². The topological polar surface area (TPSA) is 59.1 Å². The minimum absolute atomic E-state index is 0.0519. The summed E-state index contributed by atoms with van der Waals surface area (Å²) in [5.74, 6) is -0.744. The highest BCUT2D eigenvalue weighted by atomic mass is 35.5. The van der Waals surface area contributed by atoms with Crippen LogP contribution in [0, 0.1) is 11.2 Å². The predicted octanol–water partition coefficient (Wildman–Crippen LogP) is 4.21. The van der Waals surface area contributed by atoms with E-state index in [1.54, 1.807) is 12.1 Å². The van der Waals surface area contributed by atoms with Crippen LogP contribution in [0.5, 0.6) is 11.5 Å². The first-order chi connectivity index (χ1) is 8.99. The lowest BCUT2D eigenvalue weighted by atomic mass is 10.2. The molecule has 3 nitrogen and oxygen atoms in total. The normalized spacial score (nSPS) is 10.3. The number of hydrogen-bond acceptors (Lipinski definition) is 2. The lowest BCUT2D eigenvalue weighted by molar-refractivity contribution is 0.441. The molecule has 0 saturated heterocycles. The summed E-state index contributed by atoms with van der Waals surface area (Å²) < 4.78 is 19.1. The van der Waals surface area contributed by atoms with Crippen LogP contribution in [0.25, 0.3) is 0 Å². The second-order valence-electron chi connectivity index (χ2n) is 3.71. The van der Waals surface area contributed by atoms with E-state index in [-0.39, 0.29) is 22.4 Å². The molecule has 0 unspecified atom stereocenters. The van der Waals surface area contributed by atoms with E-state index in [2.05, 4.69) is 0 Å². The Kier molecular flexibility index (Phi) is 3.93. The molecule has 98 valence electrons. The van der Waals surface area contributed by atoms with E-state index in [1.165, 1.54) is 24.3 Å². The van der Waals surface area contributed by atoms with E-state index in [1.807, 2.05) is 0 Å². The third-order valence-corrected chi connectivity index (χ3v) is 2.90. The van der Waals surface area contributed by atoms with Crippen molar-refractivity contribution in [2.75, 3.05) is 0 Å². The first kappa shape index (κ1) is 13.6. The number of amidine groups is 1. The summed E-state index contributed by atoms with van der Waals surface area (Å²) in [6, 6.07) is 8.94. The van der Waals surface area contributed by atoms with E-state index in [9.17, 15) is 4.39 Å². The standard InChI is InChI=1S/C13H9Cl2FN2O/c14-7-4-5-8(13(17)18)11(6-7)19-10-3-1-2-9(15)12(10)16/h1-6H,(H3,17,18). The van der Waals surface area contributed by atoms with Crippen LogP contribution in [0.1, 0.15) is 5.56 Å². The molecule has 0 bridgehead atoms. The first-order valence-electron chi connectivity index (χ1n) is 5.25. The smallest absolute Gasteiger partial charge is 0.184 e. The highest BCUT2D eigenvalue weighted by molar-refractivity contribution is 6.31. The maximum absolute atomic E-state index is 13.7. The summed E-state index contributed by atoms with van der Waals surface area (Å²) >= 11 is 11.5. The zero-order valence-electron chi connectivity index (χ0n) is 9.58. The zero-order valence-corrected chi connectivity index (χ0v) is 11.1. The van der Waals surface area contributed by atoms with Gasteiger partial charge in [-0.25, -0.2) is 4.39 Å². The molecule has 0 aliphatic carbocycles. The summed E-state index contributed by atoms with van der Waals surface area (Å²) in [6.07, 6.45) is 0. The van der Waals surface area contributed by atoms with Gasteiger partial charge in [-0.2, -0.15) is 0 Å². The average molecular weight is 299 g/mol. The molecule has 2 aromatic carbocycles. The quantitative estimate of drug-likeness (QED) is 0.659. The van der Waals surface area contributed by atoms with Gasteiger partial charge in [0.1, 0.15) is 11.6 Å². The maximum atomic E-state index is 13.7. The number of nitrogens with two attached hydrogens (primary N) is 1. The first-order valence-corrected chi connectivity index (χ1v) is 6.00. The molecule has 0 amide bonds. The molecule has 0 aromatic heterocycles. The molecule has 2 aromatic rings. The molecule has 0 atom stereocenters. The number of halogens is 3. The molecule has 2 rings (SSSR count). The number of nitrogen functional groups attached to an aromatic ring is 1. The van der Waals surface area contributed by atoms with Gasteiger partial charge in [0.15, 0.2) is 11.6 Å². The average Bonchev–Trinajstić information content (AvgIpc) is 2.35. The molecule has 0 aliphatic rings. The maximum Gasteiger partial charge on any atom is 0.184 e. The SMILES string of the molecule is N=C(N)c1ccc(Cl)cc1Oc1cccc(Cl)c1F. The molecular formula is C13H9Cl2FN2O. The van der Waals surface area contributed by atoms with Gasteiger partial charge in [0.2, 0.25) is 0 Å². The van der Waals surface area contributed by atoms with Crippen LogP contribution in [-0.4, -0.2) is 5.84 Å². The summed E-state index contributed by atoms with van der Waals surface area (Å²) in [5, 5.41) is 7.78. The van der Waals surface area contributed by atoms with Gasteiger partial charge >= 0.3 is 0 Å². The molecule has 3 N–H and O–H groups in total. The van der Waals surface area contributed by atoms with Crippen LogP contribution in [0.2, 0.25) is 10.0 Å². The van der Waals surface area contributed by atoms with E-state index in [0.717, 1.165) is 0 Å². The highest BCUT2D eigenvalue weighted by Crippen LogP contribution is 2.32. The number of benzene rings is 2. The molecular weight excluding hydrogens is 290 g/mol. The van der Waals surface area contributed by atoms with Crippen molar-refractivity contribution >= 4 is 29.0 Å². The van der Waals surface area contributed by atoms with Crippen molar-refractivity contribution in [1.29, 1.82) is 5.41 Å². The Balaban J connectivity index is 2.45. The van der Waals surface area contributed by atoms with Gasteiger partial charge in [0, 0.05) is 11.1 Å². The van der Waals surface area contributed by atoms with Gasteiger partial charge < -0.3 is 10.5 Å². The Hall–Kier alpha value is -1.78. The molecule has 0 radical (unpaired) electrons. The predicted molar refractivity (Wildman–Crippen MR) is 74.0 cm³/mol. The van der Waals surface area contributed by atoms with Crippen molar-refractivity contribution in [1.82, 2.24) is 0 Å². The van der Waals surface area contributed by atoms with Crippen molar-refractivity contribution in [2.24, 2.45) is 5.73 Å². The van der Waals surface area contributed by atoms with Crippen molar-refractivity contribution < 1.29 is 9.13 Å². The van der Waals surface area contributed by atoms with Crippen LogP contribution in [0.15, 0.2) is 36.4 Å². The van der Waals surface area contributed by atoms with Crippen molar-refractivity contribution in [2.45, 2.75) is 0 Å². The lowest BCUT2D eigenvalue weighted by Crippen LogP contribution is -2.12. The Morgan fingerprint density at radius 1 is 1.16 bits per heavy atom. The van der Waals surface area contributed by atoms with E-state index in [4.69, 9.17) is 39.1 Å². The van der Waals surface area contributed by atoms with Crippen molar-refractivity contribution in [3.8, 4) is 11.5 Å². The second-order valence-corrected chi connectivity index (χ2v) is 4.55. The van der Waals surface area contributed by atoms with Crippen molar-refractivity contribution in [3.05, 3.63) is 57.8 Å². The fraction of sp³-hybridized carbons (Fsp3) is 0. The van der Waals surface area contributed by atoms with E-state index < -0.39 is 5.82 Å². The third-order valence-electron chi connectivity index (χ3n) is 2.37. The van der Waals surface area contributed by atoms with Crippen LogP contribution in [0.4, 0.5) is 4.39 Å². The minimum atomic E-state index is -0.682. The molecule has 0 aliphatic heterocycles.